The lowest BCUT2D eigenvalue weighted by molar-refractivity contribution is 1.34. The summed E-state index contributed by atoms with van der Waals surface area (Å²) in [5, 5.41) is 3.54. The van der Waals surface area contributed by atoms with Crippen LogP contribution in [0.1, 0.15) is 50.1 Å². The molecule has 0 bridgehead atoms. The van der Waals surface area contributed by atoms with E-state index in [1.165, 1.54) is 66.8 Å². The second-order valence-corrected chi connectivity index (χ2v) is 13.0. The number of nitrogens with one attached hydrogen (secondary N) is 1. The molecule has 0 fully saturated rings. The molecule has 0 spiro atoms. The fraction of sp³-hybridized carbons (Fsp3) is 0.0612. The van der Waals surface area contributed by atoms with Crippen molar-refractivity contribution in [1.29, 1.82) is 0 Å². The zero-order valence-corrected chi connectivity index (χ0v) is 28.9. The number of hydrogen-bond acceptors (Lipinski definition) is 1. The Morgan fingerprint density at radius 1 is 0.380 bits per heavy atom. The maximum absolute atomic E-state index is 3.54. The maximum Gasteiger partial charge on any atom is 0.0387 e. The molecule has 50 heavy (non-hydrogen) atoms. The van der Waals surface area contributed by atoms with Gasteiger partial charge in [-0.25, -0.2) is 0 Å². The first-order valence-electron chi connectivity index (χ1n) is 17.2. The number of benzene rings is 7. The van der Waals surface area contributed by atoms with E-state index in [0.29, 0.717) is 0 Å². The van der Waals surface area contributed by atoms with E-state index in [0.717, 1.165) is 16.9 Å². The van der Waals surface area contributed by atoms with Crippen molar-refractivity contribution in [2.24, 2.45) is 0 Å². The van der Waals surface area contributed by atoms with Crippen LogP contribution in [0.15, 0.2) is 176 Å². The van der Waals surface area contributed by atoms with Crippen molar-refractivity contribution in [3.05, 3.63) is 226 Å². The summed E-state index contributed by atoms with van der Waals surface area (Å²) in [5.41, 5.74) is 18.0. The van der Waals surface area contributed by atoms with E-state index in [1.54, 1.807) is 0 Å². The molecule has 1 nitrogen and oxygen atoms in total. The summed E-state index contributed by atoms with van der Waals surface area (Å²) in [4.78, 5) is 0. The summed E-state index contributed by atoms with van der Waals surface area (Å²) in [5.74, 6) is 0. The molecule has 1 N–H and O–H groups in total. The number of rotatable bonds is 9. The molecule has 0 saturated heterocycles. The SMILES string of the molecule is Cc1ccc(C(=Cc2ccc(-c3ccc(C(=Cc4ccc(Nc5ccc(C)c(C)c5)cc4)c4ccccc4)cc3)cc2)c2ccccc2)cc1. The highest BCUT2D eigenvalue weighted by Crippen LogP contribution is 2.31. The molecule has 7 aromatic carbocycles. The second kappa shape index (κ2) is 14.9. The quantitative estimate of drug-likeness (QED) is 0.154. The van der Waals surface area contributed by atoms with Crippen LogP contribution in [0, 0.1) is 20.8 Å². The van der Waals surface area contributed by atoms with Crippen LogP contribution < -0.4 is 5.32 Å². The van der Waals surface area contributed by atoms with Gasteiger partial charge in [-0.05, 0) is 124 Å². The summed E-state index contributed by atoms with van der Waals surface area (Å²) in [6, 6.07) is 63.0. The predicted molar refractivity (Wildman–Crippen MR) is 216 cm³/mol. The summed E-state index contributed by atoms with van der Waals surface area (Å²) in [6.07, 6.45) is 4.57. The Morgan fingerprint density at radius 2 is 0.800 bits per heavy atom. The standard InChI is InChI=1S/C49H41N/c1-35-14-21-44(22-15-35)48(42-10-6-4-7-11-42)33-38-17-23-40(24-18-38)41-25-27-45(28-26-41)49(43-12-8-5-9-13-43)34-39-19-30-46(31-20-39)50-47-29-16-36(2)37(3)32-47/h4-34,50H,1-3H3. The van der Waals surface area contributed by atoms with Crippen molar-refractivity contribution >= 4 is 34.7 Å². The lowest BCUT2D eigenvalue weighted by Gasteiger charge is -2.12. The molecule has 0 atom stereocenters. The molecular weight excluding hydrogens is 603 g/mol. The molecule has 7 aromatic rings. The zero-order valence-electron chi connectivity index (χ0n) is 28.9. The third-order valence-electron chi connectivity index (χ3n) is 9.30. The largest absolute Gasteiger partial charge is 0.356 e. The van der Waals surface area contributed by atoms with Crippen LogP contribution in [-0.4, -0.2) is 0 Å². The monoisotopic (exact) mass is 643 g/mol. The van der Waals surface area contributed by atoms with Crippen molar-refractivity contribution in [1.82, 2.24) is 0 Å². The Kier molecular flexibility index (Phi) is 9.67. The predicted octanol–water partition coefficient (Wildman–Crippen LogP) is 13.2. The van der Waals surface area contributed by atoms with Gasteiger partial charge in [0, 0.05) is 11.4 Å². The minimum Gasteiger partial charge on any atom is -0.356 e. The van der Waals surface area contributed by atoms with Gasteiger partial charge in [-0.2, -0.15) is 0 Å². The normalized spacial score (nSPS) is 11.7. The summed E-state index contributed by atoms with van der Waals surface area (Å²) in [6.45, 7) is 6.42. The Morgan fingerprint density at radius 3 is 1.30 bits per heavy atom. The van der Waals surface area contributed by atoms with Gasteiger partial charge in [0.25, 0.3) is 0 Å². The Bertz CT molecular complexity index is 2240. The summed E-state index contributed by atoms with van der Waals surface area (Å²) in [7, 11) is 0. The van der Waals surface area contributed by atoms with Crippen molar-refractivity contribution in [3.63, 3.8) is 0 Å². The Labute approximate surface area is 296 Å². The second-order valence-electron chi connectivity index (χ2n) is 13.0. The van der Waals surface area contributed by atoms with E-state index in [9.17, 15) is 0 Å². The number of anilines is 2. The van der Waals surface area contributed by atoms with Gasteiger partial charge in [0.15, 0.2) is 0 Å². The molecule has 0 unspecified atom stereocenters. The molecule has 0 aliphatic carbocycles. The number of aryl methyl sites for hydroxylation is 3. The fourth-order valence-electron chi connectivity index (χ4n) is 6.23. The molecular formula is C49H41N. The first-order chi connectivity index (χ1) is 24.5. The fourth-order valence-corrected chi connectivity index (χ4v) is 6.23. The van der Waals surface area contributed by atoms with Crippen LogP contribution in [0.2, 0.25) is 0 Å². The molecule has 0 aromatic heterocycles. The highest BCUT2D eigenvalue weighted by molar-refractivity contribution is 5.93. The van der Waals surface area contributed by atoms with E-state index in [4.69, 9.17) is 0 Å². The summed E-state index contributed by atoms with van der Waals surface area (Å²) < 4.78 is 0. The van der Waals surface area contributed by atoms with Gasteiger partial charge >= 0.3 is 0 Å². The van der Waals surface area contributed by atoms with Crippen molar-refractivity contribution in [3.8, 4) is 11.1 Å². The van der Waals surface area contributed by atoms with Crippen molar-refractivity contribution in [2.75, 3.05) is 5.32 Å². The van der Waals surface area contributed by atoms with Crippen LogP contribution in [0.4, 0.5) is 11.4 Å². The Hall–Kier alpha value is -6.18. The smallest absolute Gasteiger partial charge is 0.0387 e. The Balaban J connectivity index is 1.13. The highest BCUT2D eigenvalue weighted by Gasteiger charge is 2.09. The topological polar surface area (TPSA) is 12.0 Å². The van der Waals surface area contributed by atoms with E-state index in [2.05, 4.69) is 214 Å². The minimum absolute atomic E-state index is 1.07. The highest BCUT2D eigenvalue weighted by atomic mass is 14.9. The van der Waals surface area contributed by atoms with Gasteiger partial charge in [0.05, 0.1) is 0 Å². The van der Waals surface area contributed by atoms with E-state index >= 15 is 0 Å². The molecule has 242 valence electrons. The van der Waals surface area contributed by atoms with Crippen LogP contribution in [0.5, 0.6) is 0 Å². The average Bonchev–Trinajstić information content (AvgIpc) is 3.16. The molecule has 0 aliphatic rings. The molecule has 0 aliphatic heterocycles. The third kappa shape index (κ3) is 7.75. The summed E-state index contributed by atoms with van der Waals surface area (Å²) >= 11 is 0. The van der Waals surface area contributed by atoms with Crippen LogP contribution in [-0.2, 0) is 0 Å². The molecule has 7 rings (SSSR count). The maximum atomic E-state index is 3.54. The van der Waals surface area contributed by atoms with E-state index in [-0.39, 0.29) is 0 Å². The zero-order chi connectivity index (χ0) is 34.3. The van der Waals surface area contributed by atoms with E-state index in [1.807, 2.05) is 0 Å². The molecule has 0 heterocycles. The van der Waals surface area contributed by atoms with Crippen molar-refractivity contribution in [2.45, 2.75) is 20.8 Å². The van der Waals surface area contributed by atoms with Crippen molar-refractivity contribution < 1.29 is 0 Å². The first kappa shape index (κ1) is 32.4. The molecule has 0 saturated carbocycles. The van der Waals surface area contributed by atoms with Crippen LogP contribution in [0.3, 0.4) is 0 Å². The van der Waals surface area contributed by atoms with Gasteiger partial charge in [-0.1, -0.05) is 157 Å². The lowest BCUT2D eigenvalue weighted by atomic mass is 9.93. The average molecular weight is 644 g/mol. The van der Waals surface area contributed by atoms with Crippen LogP contribution in [0.25, 0.3) is 34.4 Å². The molecule has 0 amide bonds. The van der Waals surface area contributed by atoms with Gasteiger partial charge < -0.3 is 5.32 Å². The first-order valence-corrected chi connectivity index (χ1v) is 17.2. The molecule has 1 heteroatoms. The third-order valence-corrected chi connectivity index (χ3v) is 9.30. The van der Waals surface area contributed by atoms with Gasteiger partial charge in [-0.15, -0.1) is 0 Å². The van der Waals surface area contributed by atoms with Crippen LogP contribution >= 0.6 is 0 Å². The van der Waals surface area contributed by atoms with Gasteiger partial charge in [0.1, 0.15) is 0 Å². The molecule has 0 radical (unpaired) electrons. The minimum atomic E-state index is 1.07. The van der Waals surface area contributed by atoms with Gasteiger partial charge in [-0.3, -0.25) is 0 Å². The number of hydrogen-bond donors (Lipinski definition) is 1. The van der Waals surface area contributed by atoms with E-state index < -0.39 is 0 Å². The van der Waals surface area contributed by atoms with Gasteiger partial charge in [0.2, 0.25) is 0 Å². The lowest BCUT2D eigenvalue weighted by Crippen LogP contribution is -1.92.